The van der Waals surface area contributed by atoms with E-state index < -0.39 is 6.09 Å². The highest BCUT2D eigenvalue weighted by Crippen LogP contribution is 2.55. The summed E-state index contributed by atoms with van der Waals surface area (Å²) in [5, 5.41) is 17.6. The van der Waals surface area contributed by atoms with Crippen molar-refractivity contribution in [1.29, 1.82) is 0 Å². The predicted molar refractivity (Wildman–Crippen MR) is 104 cm³/mol. The number of hydrogen-bond donors (Lipinski definition) is 4. The zero-order chi connectivity index (χ0) is 19.0. The van der Waals surface area contributed by atoms with Crippen LogP contribution in [0.1, 0.15) is 51.0 Å². The highest BCUT2D eigenvalue weighted by Gasteiger charge is 2.51. The Bertz CT molecular complexity index is 698. The number of benzene rings is 1. The Morgan fingerprint density at radius 2 is 1.78 bits per heavy atom. The lowest BCUT2D eigenvalue weighted by Gasteiger charge is -2.56. The molecule has 0 spiro atoms. The third-order valence-electron chi connectivity index (χ3n) is 6.51. The van der Waals surface area contributed by atoms with Crippen LogP contribution in [-0.2, 0) is 6.42 Å². The van der Waals surface area contributed by atoms with Gasteiger partial charge < -0.3 is 21.1 Å². The van der Waals surface area contributed by atoms with Crippen molar-refractivity contribution in [1.82, 2.24) is 10.6 Å². The van der Waals surface area contributed by atoms with Gasteiger partial charge in [-0.1, -0.05) is 12.1 Å². The molecule has 1 atom stereocenters. The fraction of sp³-hybridized carbons (Fsp3) is 0.619. The summed E-state index contributed by atoms with van der Waals surface area (Å²) in [5.41, 5.74) is 1.73. The van der Waals surface area contributed by atoms with Crippen LogP contribution in [0.15, 0.2) is 24.3 Å². The van der Waals surface area contributed by atoms with Crippen LogP contribution in [0.25, 0.3) is 0 Å². The number of carbonyl (C=O) groups is 2. The summed E-state index contributed by atoms with van der Waals surface area (Å²) in [4.78, 5) is 23.4. The van der Waals surface area contributed by atoms with Gasteiger partial charge in [-0.15, -0.1) is 0 Å². The second kappa shape index (κ2) is 7.06. The summed E-state index contributed by atoms with van der Waals surface area (Å²) in [6.45, 7) is 1.83. The summed E-state index contributed by atoms with van der Waals surface area (Å²) in [6, 6.07) is 7.33. The lowest BCUT2D eigenvalue weighted by molar-refractivity contribution is -0.0127. The number of rotatable bonds is 5. The van der Waals surface area contributed by atoms with Gasteiger partial charge >= 0.3 is 12.1 Å². The zero-order valence-electron chi connectivity index (χ0n) is 15.8. The van der Waals surface area contributed by atoms with E-state index in [4.69, 9.17) is 5.11 Å². The third kappa shape index (κ3) is 4.20. The number of urea groups is 1. The number of amides is 3. The Kier molecular flexibility index (Phi) is 4.74. The molecule has 4 bridgehead atoms. The Morgan fingerprint density at radius 3 is 2.37 bits per heavy atom. The van der Waals surface area contributed by atoms with Crippen molar-refractivity contribution in [3.8, 4) is 0 Å². The molecule has 1 aromatic carbocycles. The molecule has 0 heterocycles. The van der Waals surface area contributed by atoms with Crippen LogP contribution in [0.3, 0.4) is 0 Å². The van der Waals surface area contributed by atoms with Gasteiger partial charge in [-0.25, -0.2) is 9.59 Å². The van der Waals surface area contributed by atoms with E-state index in [1.165, 1.54) is 19.3 Å². The summed E-state index contributed by atoms with van der Waals surface area (Å²) >= 11 is 0. The van der Waals surface area contributed by atoms with Crippen molar-refractivity contribution in [2.45, 2.75) is 63.5 Å². The van der Waals surface area contributed by atoms with Crippen LogP contribution in [0.5, 0.6) is 0 Å². The number of anilines is 1. The summed E-state index contributed by atoms with van der Waals surface area (Å²) in [7, 11) is 0. The molecule has 0 aliphatic heterocycles. The maximum atomic E-state index is 12.7. The molecule has 6 nitrogen and oxygen atoms in total. The van der Waals surface area contributed by atoms with Gasteiger partial charge in [0.2, 0.25) is 0 Å². The second-order valence-electron chi connectivity index (χ2n) is 9.03. The Balaban J connectivity index is 1.36. The van der Waals surface area contributed by atoms with E-state index >= 15 is 0 Å². The fourth-order valence-corrected chi connectivity index (χ4v) is 6.06. The lowest BCUT2D eigenvalue weighted by Crippen LogP contribution is -2.60. The molecule has 0 radical (unpaired) electrons. The molecule has 5 rings (SSSR count). The second-order valence-corrected chi connectivity index (χ2v) is 9.03. The quantitative estimate of drug-likeness (QED) is 0.631. The normalized spacial score (nSPS) is 32.0. The highest BCUT2D eigenvalue weighted by molar-refractivity contribution is 5.89. The molecule has 0 aromatic heterocycles. The molecule has 27 heavy (non-hydrogen) atoms. The van der Waals surface area contributed by atoms with E-state index in [0.29, 0.717) is 6.42 Å². The van der Waals surface area contributed by atoms with Gasteiger partial charge in [0.1, 0.15) is 0 Å². The summed E-state index contributed by atoms with van der Waals surface area (Å²) < 4.78 is 0. The molecular formula is C21H29N3O3. The van der Waals surface area contributed by atoms with Gasteiger partial charge in [-0.05, 0) is 87.3 Å². The van der Waals surface area contributed by atoms with Crippen LogP contribution in [0.2, 0.25) is 0 Å². The van der Waals surface area contributed by atoms with E-state index in [2.05, 4.69) is 16.0 Å². The SMILES string of the molecule is CC(Cc1cccc(NC(=O)NC23CC4CC(CC(C4)C2)C3)c1)NC(=O)O. The van der Waals surface area contributed by atoms with Crippen molar-refractivity contribution in [3.63, 3.8) is 0 Å². The maximum Gasteiger partial charge on any atom is 0.404 e. The van der Waals surface area contributed by atoms with Gasteiger partial charge in [0, 0.05) is 17.3 Å². The zero-order valence-corrected chi connectivity index (χ0v) is 15.8. The molecule has 4 fully saturated rings. The van der Waals surface area contributed by atoms with E-state index in [1.54, 1.807) is 0 Å². The van der Waals surface area contributed by atoms with Gasteiger partial charge in [0.25, 0.3) is 0 Å². The first-order valence-corrected chi connectivity index (χ1v) is 10.1. The number of nitrogens with one attached hydrogen (secondary N) is 3. The highest BCUT2D eigenvalue weighted by atomic mass is 16.4. The van der Waals surface area contributed by atoms with Crippen molar-refractivity contribution in [2.24, 2.45) is 17.8 Å². The molecule has 6 heteroatoms. The first kappa shape index (κ1) is 18.1. The minimum Gasteiger partial charge on any atom is -0.465 e. The van der Waals surface area contributed by atoms with Gasteiger partial charge in [0.05, 0.1) is 0 Å². The smallest absolute Gasteiger partial charge is 0.404 e. The fourth-order valence-electron chi connectivity index (χ4n) is 6.06. The number of carboxylic acid groups (broad SMARTS) is 1. The largest absolute Gasteiger partial charge is 0.465 e. The predicted octanol–water partition coefficient (Wildman–Crippen LogP) is 3.98. The van der Waals surface area contributed by atoms with E-state index in [0.717, 1.165) is 48.3 Å². The standard InChI is InChI=1S/C21H29N3O3/c1-13(22-20(26)27)5-14-3-2-4-18(9-14)23-19(25)24-21-10-15-6-16(11-21)8-17(7-15)12-21/h2-4,9,13,15-17,22H,5-8,10-12H2,1H3,(H,26,27)(H2,23,24,25). The summed E-state index contributed by atoms with van der Waals surface area (Å²) in [6.07, 6.45) is 7.01. The first-order valence-electron chi connectivity index (χ1n) is 10.1. The molecule has 4 aliphatic rings. The number of carbonyl (C=O) groups excluding carboxylic acids is 1. The van der Waals surface area contributed by atoms with Gasteiger partial charge in [-0.2, -0.15) is 0 Å². The van der Waals surface area contributed by atoms with Crippen molar-refractivity contribution in [3.05, 3.63) is 29.8 Å². The van der Waals surface area contributed by atoms with Crippen LogP contribution in [-0.4, -0.2) is 28.8 Å². The van der Waals surface area contributed by atoms with Crippen LogP contribution < -0.4 is 16.0 Å². The molecule has 1 unspecified atom stereocenters. The minimum absolute atomic E-state index is 0.00361. The molecule has 4 saturated carbocycles. The van der Waals surface area contributed by atoms with E-state index in [1.807, 2.05) is 31.2 Å². The maximum absolute atomic E-state index is 12.7. The molecule has 4 N–H and O–H groups in total. The average molecular weight is 371 g/mol. The van der Waals surface area contributed by atoms with Crippen molar-refractivity contribution in [2.75, 3.05) is 5.32 Å². The average Bonchev–Trinajstić information content (AvgIpc) is 2.52. The van der Waals surface area contributed by atoms with Crippen LogP contribution in [0.4, 0.5) is 15.3 Å². The van der Waals surface area contributed by atoms with Crippen LogP contribution >= 0.6 is 0 Å². The van der Waals surface area contributed by atoms with E-state index in [-0.39, 0.29) is 17.6 Å². The molecule has 4 aliphatic carbocycles. The molecule has 0 saturated heterocycles. The van der Waals surface area contributed by atoms with Crippen LogP contribution in [0, 0.1) is 17.8 Å². The third-order valence-corrected chi connectivity index (χ3v) is 6.51. The lowest BCUT2D eigenvalue weighted by atomic mass is 9.53. The minimum atomic E-state index is -1.02. The molecular weight excluding hydrogens is 342 g/mol. The Hall–Kier alpha value is -2.24. The molecule has 146 valence electrons. The van der Waals surface area contributed by atoms with Gasteiger partial charge in [0.15, 0.2) is 0 Å². The van der Waals surface area contributed by atoms with Gasteiger partial charge in [-0.3, -0.25) is 0 Å². The molecule has 1 aromatic rings. The van der Waals surface area contributed by atoms with E-state index in [9.17, 15) is 9.59 Å². The van der Waals surface area contributed by atoms with Crippen molar-refractivity contribution >= 4 is 17.8 Å². The first-order chi connectivity index (χ1) is 12.9. The topological polar surface area (TPSA) is 90.5 Å². The Morgan fingerprint density at radius 1 is 1.15 bits per heavy atom. The van der Waals surface area contributed by atoms with Crippen molar-refractivity contribution < 1.29 is 14.7 Å². The summed E-state index contributed by atoms with van der Waals surface area (Å²) in [5.74, 6) is 2.38. The molecule has 3 amide bonds. The monoisotopic (exact) mass is 371 g/mol. The Labute approximate surface area is 160 Å². The number of hydrogen-bond acceptors (Lipinski definition) is 2.